The second-order valence-electron chi connectivity index (χ2n) is 33.4. The second kappa shape index (κ2) is 58.5. The molecule has 0 spiro atoms. The van der Waals surface area contributed by atoms with Crippen LogP contribution in [0.2, 0.25) is 4.34 Å². The summed E-state index contributed by atoms with van der Waals surface area (Å²) in [6.07, 6.45) is 12.4. The van der Waals surface area contributed by atoms with Crippen LogP contribution >= 0.6 is 34.3 Å². The fourth-order valence-corrected chi connectivity index (χ4v) is 12.2. The third kappa shape index (κ3) is 43.4. The molecule has 41 heteroatoms. The van der Waals surface area contributed by atoms with Crippen LogP contribution in [0.5, 0.6) is 23.3 Å². The fourth-order valence-electron chi connectivity index (χ4n) is 10.7. The standard InChI is InChI=1S/C12H14N2O2S.C12H17NO3.C11H12N2O3.C11H21NO.C10H19N3O2.C10H17NO2.C9H14N4O3.C8H12N2O3.C7H9ClN2OS/c1-7(2)11(15)14-12-13-9(6-17-12)10-5-4-8(3)16-10;1-8(2)12(14)13-9-5-10(15-3)7-11(6-9)16-4;1-7(2)11(14)12-10-6-8(13-16-10)9-4-3-5-15-9;1-8(2)11(13)12-10-6-4-9(3)5-7-10;1-7(2)9(14)12-8-3-5-13(6-4-8)10(11)15;1-7(2)10(13)11-8-3-5-9(12)6-4-8;1-4(2)8(15)11-7-5(6(10)14)9(16-3)13-12-7;1-5(2)8(11)9-6-4-7(12-3)13-10-6;1-4(2)6(11)10-7-9-3-5(8)12-7/h4-7H,1-3H3,(H,13,14,15);5-8H,1-4H3,(H,13,14);3-7H,1-2H3,(H,12,14);8-10H,4-7H2,1-3H3,(H,12,13);7-8H,3-6H2,1-2H3,(H2,11,15)(H,12,14);7-8H,3-6H2,1-2H3,(H,11,13);4H,1-3H3,(H2,10,14)(H2,11,12,13,15);4-5H,1-3H3,(H,9,10,11);3-4H,1-2H3,(H,9,10,11). The van der Waals surface area contributed by atoms with Gasteiger partial charge >= 0.3 is 12.0 Å². The van der Waals surface area contributed by atoms with E-state index in [1.165, 1.54) is 74.8 Å². The van der Waals surface area contributed by atoms with Crippen LogP contribution in [0.3, 0.4) is 0 Å². The van der Waals surface area contributed by atoms with Gasteiger partial charge in [0.25, 0.3) is 5.91 Å². The van der Waals surface area contributed by atoms with Gasteiger partial charge in [0.1, 0.15) is 38.6 Å². The topological polar surface area (TPSA) is 538 Å². The lowest BCUT2D eigenvalue weighted by atomic mass is 9.87. The number of carbonyl (C=O) groups is 12. The summed E-state index contributed by atoms with van der Waals surface area (Å²) in [6, 6.07) is 16.2. The Morgan fingerprint density at radius 1 is 0.519 bits per heavy atom. The Labute approximate surface area is 779 Å². The molecule has 3 fully saturated rings. The molecule has 1 aromatic carbocycles. The fraction of sp³-hybridized carbons (Fsp3) is 0.544. The minimum absolute atomic E-state index is 0.0131. The molecule has 14 N–H and O–H groups in total. The van der Waals surface area contributed by atoms with Crippen molar-refractivity contribution in [2.45, 2.75) is 221 Å². The number of piperidine rings is 1. The van der Waals surface area contributed by atoms with Crippen molar-refractivity contribution in [3.63, 3.8) is 0 Å². The maximum atomic E-state index is 11.5. The summed E-state index contributed by atoms with van der Waals surface area (Å²) >= 11 is 8.28. The third-order valence-corrected chi connectivity index (χ3v) is 20.9. The number of anilines is 6. The van der Waals surface area contributed by atoms with E-state index in [0.29, 0.717) is 92.7 Å². The van der Waals surface area contributed by atoms with Crippen molar-refractivity contribution in [1.29, 1.82) is 0 Å². The number of nitrogens with two attached hydrogens (primary N) is 2. The van der Waals surface area contributed by atoms with Gasteiger partial charge in [-0.05, 0) is 88.5 Å². The number of ether oxygens (including phenoxy) is 4. The Bertz CT molecular complexity index is 4820. The highest BCUT2D eigenvalue weighted by molar-refractivity contribution is 7.19. The molecule has 131 heavy (non-hydrogen) atoms. The van der Waals surface area contributed by atoms with Crippen molar-refractivity contribution in [1.82, 2.24) is 51.3 Å². The molecule has 1 aliphatic heterocycles. The van der Waals surface area contributed by atoms with Crippen LogP contribution < -0.4 is 78.3 Å². The number of nitrogens with one attached hydrogen (secondary N) is 10. The van der Waals surface area contributed by atoms with Gasteiger partial charge in [0.05, 0.1) is 47.0 Å². The molecule has 8 aromatic rings. The van der Waals surface area contributed by atoms with Gasteiger partial charge in [-0.2, -0.15) is 5.10 Å². The van der Waals surface area contributed by atoms with E-state index in [9.17, 15) is 57.5 Å². The Kier molecular flexibility index (Phi) is 50.4. The number of hydrogen-bond acceptors (Lipinski definition) is 27. The largest absolute Gasteiger partial charge is 0.497 e. The van der Waals surface area contributed by atoms with E-state index in [4.69, 9.17) is 59.9 Å². The lowest BCUT2D eigenvalue weighted by molar-refractivity contribution is -0.126. The number of rotatable bonds is 25. The van der Waals surface area contributed by atoms with Crippen LogP contribution in [0.1, 0.15) is 212 Å². The molecule has 7 aromatic heterocycles. The number of primary amides is 2. The van der Waals surface area contributed by atoms with Gasteiger partial charge in [0, 0.05) is 133 Å². The quantitative estimate of drug-likeness (QED) is 0.0253. The van der Waals surface area contributed by atoms with Crippen molar-refractivity contribution in [2.24, 2.45) is 70.6 Å². The molecule has 0 bridgehead atoms. The van der Waals surface area contributed by atoms with Crippen molar-refractivity contribution in [2.75, 3.05) is 73.4 Å². The number of aromatic amines is 1. The minimum atomic E-state index is -0.718. The highest BCUT2D eigenvalue weighted by Gasteiger charge is 2.27. The Morgan fingerprint density at radius 3 is 1.44 bits per heavy atom. The first kappa shape index (κ1) is 113. The summed E-state index contributed by atoms with van der Waals surface area (Å²) in [5, 5.41) is 41.5. The number of halogens is 1. The number of aryl methyl sites for hydroxylation is 1. The Morgan fingerprint density at radius 2 is 1.00 bits per heavy atom. The number of thiazole rings is 2. The van der Waals surface area contributed by atoms with Crippen molar-refractivity contribution >= 4 is 139 Å². The van der Waals surface area contributed by atoms with Crippen LogP contribution in [-0.4, -0.2) is 166 Å². The summed E-state index contributed by atoms with van der Waals surface area (Å²) in [5.74, 6) is 4.59. The summed E-state index contributed by atoms with van der Waals surface area (Å²) in [4.78, 5) is 145. The van der Waals surface area contributed by atoms with Gasteiger partial charge in [0.15, 0.2) is 39.1 Å². The number of urea groups is 1. The summed E-state index contributed by atoms with van der Waals surface area (Å²) in [6.45, 7) is 38.5. The van der Waals surface area contributed by atoms with E-state index in [2.05, 4.69) is 85.3 Å². The lowest BCUT2D eigenvalue weighted by Crippen LogP contribution is -2.48. The number of ketones is 1. The van der Waals surface area contributed by atoms with E-state index in [0.717, 1.165) is 48.8 Å². The zero-order valence-electron chi connectivity index (χ0n) is 79.6. The molecule has 2 aliphatic carbocycles. The highest BCUT2D eigenvalue weighted by atomic mass is 35.5. The zero-order valence-corrected chi connectivity index (χ0v) is 82.0. The van der Waals surface area contributed by atoms with E-state index >= 15 is 0 Å². The molecular weight excluding hydrogens is 1750 g/mol. The average Bonchev–Trinajstić information content (AvgIpc) is 1.66. The number of amides is 12. The molecule has 11 rings (SSSR count). The molecule has 2 saturated carbocycles. The summed E-state index contributed by atoms with van der Waals surface area (Å²) in [7, 11) is 5.98. The predicted molar refractivity (Wildman–Crippen MR) is 505 cm³/mol. The number of hydrogen-bond donors (Lipinski definition) is 12. The van der Waals surface area contributed by atoms with Gasteiger partial charge in [-0.25, -0.2) is 19.9 Å². The molecule has 38 nitrogen and oxygen atoms in total. The number of aromatic nitrogens is 6. The predicted octanol–water partition coefficient (Wildman–Crippen LogP) is 15.8. The maximum absolute atomic E-state index is 11.5. The number of nitrogens with zero attached hydrogens (tertiary/aromatic N) is 6. The van der Waals surface area contributed by atoms with Gasteiger partial charge < -0.3 is 95.7 Å². The SMILES string of the molecule is CC(C)C(=O)NC1CCC(=O)CC1.CC(C)C(=O)NC1CCN(C(N)=O)CC1.CC(C)C(=O)Nc1cc(-c2ccco2)no1.CC(C)C(=O)Nc1ncc(Cl)s1.CC1CCC(NC(=O)C(C)C)CC1.COc1[nH]nc(NC(=O)C(C)C)c1C(N)=O.COc1cc(NC(=O)C(C)C)cc(OC)c1.COc1cc(NC(=O)C(C)C)no1.Cc1ccc(-c2csc(NC(=O)C(C)C)n2)o1. The molecule has 3 aliphatic rings. The molecule has 724 valence electrons. The number of furan rings is 2. The van der Waals surface area contributed by atoms with E-state index in [-0.39, 0.29) is 148 Å². The first-order valence-electron chi connectivity index (χ1n) is 43.3. The van der Waals surface area contributed by atoms with Gasteiger partial charge in [0.2, 0.25) is 64.9 Å². The third-order valence-electron chi connectivity index (χ3n) is 19.1. The highest BCUT2D eigenvalue weighted by Crippen LogP contribution is 2.31. The molecule has 1 saturated heterocycles. The summed E-state index contributed by atoms with van der Waals surface area (Å²) < 4.78 is 40.7. The first-order chi connectivity index (χ1) is 61.7. The molecule has 0 radical (unpaired) electrons. The second-order valence-corrected chi connectivity index (χ2v) is 35.9. The lowest BCUT2D eigenvalue weighted by Gasteiger charge is -2.31. The summed E-state index contributed by atoms with van der Waals surface area (Å²) in [5.41, 5.74) is 12.3. The normalized spacial score (nSPS) is 14.0. The van der Waals surface area contributed by atoms with Gasteiger partial charge in [-0.1, -0.05) is 165 Å². The average molecular weight is 1890 g/mol. The van der Waals surface area contributed by atoms with Gasteiger partial charge in [-0.3, -0.25) is 58.1 Å². The number of benzene rings is 1. The number of methoxy groups -OCH3 is 4. The maximum Gasteiger partial charge on any atom is 0.314 e. The van der Waals surface area contributed by atoms with Crippen LogP contribution in [-0.2, 0) is 47.9 Å². The van der Waals surface area contributed by atoms with E-state index in [1.807, 2.05) is 108 Å². The van der Waals surface area contributed by atoms with E-state index in [1.54, 1.807) is 103 Å². The Balaban J connectivity index is 0.000000381. The first-order valence-corrected chi connectivity index (χ1v) is 45.4. The van der Waals surface area contributed by atoms with Gasteiger partial charge in [-0.15, -0.1) is 11.3 Å². The monoisotopic (exact) mass is 1890 g/mol. The van der Waals surface area contributed by atoms with Crippen LogP contribution in [0, 0.1) is 66.1 Å². The molecule has 8 heterocycles. The van der Waals surface area contributed by atoms with Crippen LogP contribution in [0.15, 0.2) is 90.3 Å². The van der Waals surface area contributed by atoms with Crippen molar-refractivity contribution < 1.29 is 94.4 Å². The minimum Gasteiger partial charge on any atom is -0.497 e. The van der Waals surface area contributed by atoms with Crippen LogP contribution in [0.4, 0.5) is 38.3 Å². The van der Waals surface area contributed by atoms with Crippen molar-refractivity contribution in [3.05, 3.63) is 88.1 Å². The number of H-pyrrole nitrogens is 1. The zero-order chi connectivity index (χ0) is 98.5. The molecule has 12 amide bonds. The van der Waals surface area contributed by atoms with Crippen LogP contribution in [0.25, 0.3) is 22.9 Å². The number of Topliss-reactive ketones (excluding diaryl/α,β-unsaturated/α-hetero) is 1. The molecule has 0 atom stereocenters. The van der Waals surface area contributed by atoms with Crippen molar-refractivity contribution in [3.8, 4) is 46.2 Å². The van der Waals surface area contributed by atoms with E-state index < -0.39 is 5.91 Å². The number of carbonyl (C=O) groups excluding carboxylic acids is 12. The Hall–Kier alpha value is -12.2. The molecule has 0 unspecified atom stereocenters. The molecular formula is C90H135ClN18O20S2. The number of likely N-dealkylation sites (tertiary alicyclic amines) is 1. The smallest absolute Gasteiger partial charge is 0.314 e.